The van der Waals surface area contributed by atoms with Gasteiger partial charge in [0.05, 0.1) is 0 Å². The maximum atomic E-state index is 13.8. The van der Waals surface area contributed by atoms with Crippen LogP contribution in [-0.4, -0.2) is 43.3 Å². The van der Waals surface area contributed by atoms with Crippen LogP contribution in [0.15, 0.2) is 46.8 Å². The molecular weight excluding hydrogens is 438 g/mol. The summed E-state index contributed by atoms with van der Waals surface area (Å²) in [6, 6.07) is 7.70. The van der Waals surface area contributed by atoms with Crippen LogP contribution >= 0.6 is 0 Å². The quantitative estimate of drug-likeness (QED) is 0.389. The number of rotatable bonds is 7. The maximum absolute atomic E-state index is 13.8. The van der Waals surface area contributed by atoms with Gasteiger partial charge in [-0.05, 0) is 36.2 Å². The molecule has 1 aliphatic heterocycles. The third-order valence-corrected chi connectivity index (χ3v) is 7.29. The first-order valence-corrected chi connectivity index (χ1v) is 12.5. The third-order valence-electron chi connectivity index (χ3n) is 7.29. The molecule has 0 atom stereocenters. The van der Waals surface area contributed by atoms with E-state index in [1.54, 1.807) is 7.11 Å². The highest BCUT2D eigenvalue weighted by Crippen LogP contribution is 2.55. The minimum Gasteiger partial charge on any atom is -0.481 e. The second-order valence-corrected chi connectivity index (χ2v) is 11.6. The van der Waals surface area contributed by atoms with Crippen molar-refractivity contribution in [1.29, 1.82) is 0 Å². The molecule has 0 saturated carbocycles. The summed E-state index contributed by atoms with van der Waals surface area (Å²) in [4.78, 5) is 29.9. The number of benzene rings is 1. The fourth-order valence-corrected chi connectivity index (χ4v) is 5.97. The molecule has 35 heavy (non-hydrogen) atoms. The Balaban J connectivity index is 1.96. The molecule has 2 aliphatic carbocycles. The average molecular weight is 476 g/mol. The number of hydrogen-bond donors (Lipinski definition) is 0. The predicted octanol–water partition coefficient (Wildman–Crippen LogP) is 5.42. The van der Waals surface area contributed by atoms with Gasteiger partial charge in [0.15, 0.2) is 11.6 Å². The lowest BCUT2D eigenvalue weighted by atomic mass is 9.63. The Kier molecular flexibility index (Phi) is 6.97. The standard InChI is InChI=1S/C30H37NO4/c1-7-14-35-25-12-9-8-11-20(25)26-27-21(16-29(2,3)18-23(27)32)31(13-10-15-34-6)22-17-30(4,5)19-24(33)28(22)26/h1,8-9,11-12,26H,10,13-19H2,2-6H3. The summed E-state index contributed by atoms with van der Waals surface area (Å²) >= 11 is 0. The first-order valence-electron chi connectivity index (χ1n) is 12.5. The van der Waals surface area contributed by atoms with Gasteiger partial charge in [0, 0.05) is 67.1 Å². The summed E-state index contributed by atoms with van der Waals surface area (Å²) in [5, 5.41) is 0. The van der Waals surface area contributed by atoms with Crippen molar-refractivity contribution in [2.75, 3.05) is 26.9 Å². The van der Waals surface area contributed by atoms with E-state index in [2.05, 4.69) is 38.5 Å². The van der Waals surface area contributed by atoms with Gasteiger partial charge in [0.1, 0.15) is 12.4 Å². The molecule has 1 heterocycles. The van der Waals surface area contributed by atoms with Crippen LogP contribution in [0.3, 0.4) is 0 Å². The van der Waals surface area contributed by atoms with E-state index in [0.717, 1.165) is 53.9 Å². The molecule has 5 heteroatoms. The molecule has 0 spiro atoms. The molecule has 1 aromatic carbocycles. The number of ketones is 2. The smallest absolute Gasteiger partial charge is 0.162 e. The molecule has 0 unspecified atom stereocenters. The summed E-state index contributed by atoms with van der Waals surface area (Å²) in [5.74, 6) is 2.98. The van der Waals surface area contributed by atoms with Crippen molar-refractivity contribution in [3.05, 3.63) is 52.4 Å². The van der Waals surface area contributed by atoms with E-state index in [4.69, 9.17) is 15.9 Å². The van der Waals surface area contributed by atoms with Crippen molar-refractivity contribution >= 4 is 11.6 Å². The lowest BCUT2D eigenvalue weighted by Crippen LogP contribution is -2.44. The molecule has 0 bridgehead atoms. The highest BCUT2D eigenvalue weighted by molar-refractivity contribution is 6.07. The minimum absolute atomic E-state index is 0.119. The number of para-hydroxylation sites is 1. The Morgan fingerprint density at radius 1 is 0.971 bits per heavy atom. The summed E-state index contributed by atoms with van der Waals surface area (Å²) in [7, 11) is 1.70. The van der Waals surface area contributed by atoms with Crippen molar-refractivity contribution in [3.8, 4) is 18.1 Å². The lowest BCUT2D eigenvalue weighted by Gasteiger charge is -2.49. The number of ether oxygens (including phenoxy) is 2. The van der Waals surface area contributed by atoms with Crippen molar-refractivity contribution in [2.24, 2.45) is 10.8 Å². The number of carbonyl (C=O) groups is 2. The molecule has 0 radical (unpaired) electrons. The summed E-state index contributed by atoms with van der Waals surface area (Å²) in [5.41, 5.74) is 4.18. The molecule has 0 fully saturated rings. The Bertz CT molecular complexity index is 1080. The Morgan fingerprint density at radius 2 is 1.54 bits per heavy atom. The Morgan fingerprint density at radius 3 is 2.09 bits per heavy atom. The highest BCUT2D eigenvalue weighted by atomic mass is 16.5. The van der Waals surface area contributed by atoms with Crippen LogP contribution in [0, 0.1) is 23.2 Å². The van der Waals surface area contributed by atoms with Gasteiger partial charge in [-0.2, -0.15) is 0 Å². The van der Waals surface area contributed by atoms with Crippen LogP contribution in [-0.2, 0) is 14.3 Å². The van der Waals surface area contributed by atoms with Crippen molar-refractivity contribution in [2.45, 2.75) is 65.7 Å². The fourth-order valence-electron chi connectivity index (χ4n) is 5.97. The second-order valence-electron chi connectivity index (χ2n) is 11.6. The molecule has 0 N–H and O–H groups in total. The number of Topliss-reactive ketones (excluding diaryl/α,β-unsaturated/α-hetero) is 2. The van der Waals surface area contributed by atoms with Gasteiger partial charge in [-0.25, -0.2) is 0 Å². The van der Waals surface area contributed by atoms with E-state index >= 15 is 0 Å². The second kappa shape index (κ2) is 9.66. The minimum atomic E-state index is -0.431. The number of terminal acetylenes is 1. The van der Waals surface area contributed by atoms with Gasteiger partial charge in [-0.3, -0.25) is 9.59 Å². The first-order chi connectivity index (χ1) is 16.6. The van der Waals surface area contributed by atoms with Crippen LogP contribution in [0.4, 0.5) is 0 Å². The van der Waals surface area contributed by atoms with Crippen molar-refractivity contribution in [3.63, 3.8) is 0 Å². The van der Waals surface area contributed by atoms with E-state index in [9.17, 15) is 9.59 Å². The van der Waals surface area contributed by atoms with E-state index in [-0.39, 0.29) is 29.0 Å². The SMILES string of the molecule is C#CCOc1ccccc1C1C2=C(CC(C)(C)CC2=O)N(CCCOC)C2=C1C(=O)CC(C)(C)C2. The fraction of sp³-hybridized carbons (Fsp3) is 0.533. The summed E-state index contributed by atoms with van der Waals surface area (Å²) < 4.78 is 11.3. The number of nitrogens with zero attached hydrogens (tertiary/aromatic N) is 1. The van der Waals surface area contributed by atoms with Gasteiger partial charge in [-0.15, -0.1) is 6.42 Å². The highest BCUT2D eigenvalue weighted by Gasteiger charge is 2.49. The average Bonchev–Trinajstić information content (AvgIpc) is 2.77. The third kappa shape index (κ3) is 4.95. The summed E-state index contributed by atoms with van der Waals surface area (Å²) in [6.45, 7) is 10.1. The van der Waals surface area contributed by atoms with Crippen molar-refractivity contribution < 1.29 is 19.1 Å². The number of hydrogen-bond acceptors (Lipinski definition) is 5. The lowest BCUT2D eigenvalue weighted by molar-refractivity contribution is -0.119. The zero-order valence-corrected chi connectivity index (χ0v) is 21.7. The van der Waals surface area contributed by atoms with Gasteiger partial charge < -0.3 is 14.4 Å². The van der Waals surface area contributed by atoms with Crippen LogP contribution in [0.1, 0.15) is 71.3 Å². The first kappa shape index (κ1) is 25.3. The van der Waals surface area contributed by atoms with Gasteiger partial charge in [-0.1, -0.05) is 51.8 Å². The van der Waals surface area contributed by atoms with Crippen molar-refractivity contribution in [1.82, 2.24) is 4.90 Å². The van der Waals surface area contributed by atoms with Crippen LogP contribution in [0.5, 0.6) is 5.75 Å². The van der Waals surface area contributed by atoms with E-state index in [0.29, 0.717) is 25.2 Å². The van der Waals surface area contributed by atoms with Crippen LogP contribution < -0.4 is 4.74 Å². The number of carbonyl (C=O) groups excluding carboxylic acids is 2. The monoisotopic (exact) mass is 475 g/mol. The summed E-state index contributed by atoms with van der Waals surface area (Å²) in [6.07, 6.45) is 8.80. The molecule has 0 amide bonds. The molecule has 1 aromatic rings. The topological polar surface area (TPSA) is 55.8 Å². The number of methoxy groups -OCH3 is 1. The van der Waals surface area contributed by atoms with E-state index in [1.165, 1.54) is 0 Å². The molecule has 186 valence electrons. The van der Waals surface area contributed by atoms with E-state index < -0.39 is 5.92 Å². The molecule has 0 aromatic heterocycles. The zero-order chi connectivity index (χ0) is 25.4. The van der Waals surface area contributed by atoms with Gasteiger partial charge >= 0.3 is 0 Å². The largest absolute Gasteiger partial charge is 0.481 e. The Hall–Kier alpha value is -2.84. The molecule has 3 aliphatic rings. The van der Waals surface area contributed by atoms with Gasteiger partial charge in [0.25, 0.3) is 0 Å². The predicted molar refractivity (Wildman–Crippen MR) is 137 cm³/mol. The number of allylic oxidation sites excluding steroid dienone is 4. The molecular formula is C30H37NO4. The maximum Gasteiger partial charge on any atom is 0.162 e. The van der Waals surface area contributed by atoms with Crippen LogP contribution in [0.2, 0.25) is 0 Å². The van der Waals surface area contributed by atoms with E-state index in [1.807, 2.05) is 24.3 Å². The normalized spacial score (nSPS) is 21.5. The molecule has 0 saturated heterocycles. The zero-order valence-electron chi connectivity index (χ0n) is 21.7. The Labute approximate surface area is 209 Å². The molecule has 5 nitrogen and oxygen atoms in total. The molecule has 4 rings (SSSR count). The van der Waals surface area contributed by atoms with Crippen LogP contribution in [0.25, 0.3) is 0 Å². The van der Waals surface area contributed by atoms with Gasteiger partial charge in [0.2, 0.25) is 0 Å².